The zero-order chi connectivity index (χ0) is 17.3. The van der Waals surface area contributed by atoms with Crippen LogP contribution in [-0.4, -0.2) is 67.0 Å². The monoisotopic (exact) mass is 405 g/mol. The zero-order valence-corrected chi connectivity index (χ0v) is 14.2. The maximum atomic E-state index is 12.1. The lowest BCUT2D eigenvalue weighted by atomic mass is 10.0. The highest BCUT2D eigenvalue weighted by molar-refractivity contribution is 9.09. The van der Waals surface area contributed by atoms with Crippen molar-refractivity contribution in [2.45, 2.75) is 18.3 Å². The van der Waals surface area contributed by atoms with E-state index in [1.165, 1.54) is 11.8 Å². The van der Waals surface area contributed by atoms with Gasteiger partial charge >= 0.3 is 5.97 Å². The van der Waals surface area contributed by atoms with Crippen molar-refractivity contribution in [2.75, 3.05) is 11.1 Å². The molecule has 0 aromatic rings. The summed E-state index contributed by atoms with van der Waals surface area (Å²) in [5.74, 6) is -3.12. The van der Waals surface area contributed by atoms with E-state index >= 15 is 0 Å². The number of thioether (sulfide) groups is 1. The van der Waals surface area contributed by atoms with Gasteiger partial charge in [0.25, 0.3) is 11.8 Å². The molecular weight excluding hydrogens is 394 g/mol. The molecule has 23 heavy (non-hydrogen) atoms. The van der Waals surface area contributed by atoms with Gasteiger partial charge in [-0.1, -0.05) is 21.1 Å². The van der Waals surface area contributed by atoms with Crippen molar-refractivity contribution in [3.05, 3.63) is 11.3 Å². The SMILES string of the molecule is CC1=C(C(=O)O)N2C(=O)[C@@H](NC(=O)C(=NO)C(=O)CBr)[C@H]2SC1. The number of ketones is 1. The Bertz CT molecular complexity index is 661. The number of hydrogen-bond donors (Lipinski definition) is 3. The van der Waals surface area contributed by atoms with Crippen LogP contribution in [0.1, 0.15) is 6.92 Å². The summed E-state index contributed by atoms with van der Waals surface area (Å²) in [5.41, 5.74) is -0.250. The second kappa shape index (κ2) is 6.71. The Morgan fingerprint density at radius 2 is 2.13 bits per heavy atom. The topological polar surface area (TPSA) is 136 Å². The molecule has 0 radical (unpaired) electrons. The summed E-state index contributed by atoms with van der Waals surface area (Å²) in [7, 11) is 0. The number of nitrogens with one attached hydrogen (secondary N) is 1. The predicted molar refractivity (Wildman–Crippen MR) is 83.4 cm³/mol. The number of nitrogens with zero attached hydrogens (tertiary/aromatic N) is 2. The van der Waals surface area contributed by atoms with Crippen LogP contribution < -0.4 is 5.32 Å². The normalized spacial score (nSPS) is 24.0. The molecule has 9 nitrogen and oxygen atoms in total. The van der Waals surface area contributed by atoms with Crippen LogP contribution in [0.4, 0.5) is 0 Å². The summed E-state index contributed by atoms with van der Waals surface area (Å²) in [6, 6.07) is -0.977. The van der Waals surface area contributed by atoms with Crippen LogP contribution in [0.3, 0.4) is 0 Å². The minimum absolute atomic E-state index is 0.0863. The van der Waals surface area contributed by atoms with E-state index in [2.05, 4.69) is 26.4 Å². The van der Waals surface area contributed by atoms with Gasteiger partial charge in [0, 0.05) is 5.75 Å². The van der Waals surface area contributed by atoms with E-state index in [4.69, 9.17) is 5.21 Å². The average molecular weight is 406 g/mol. The largest absolute Gasteiger partial charge is 0.477 e. The summed E-state index contributed by atoms with van der Waals surface area (Å²) in [6.45, 7) is 1.62. The van der Waals surface area contributed by atoms with Crippen LogP contribution in [-0.2, 0) is 19.2 Å². The molecular formula is C12H12BrN3O6S. The van der Waals surface area contributed by atoms with Crippen molar-refractivity contribution in [2.24, 2.45) is 5.16 Å². The van der Waals surface area contributed by atoms with Gasteiger partial charge < -0.3 is 15.6 Å². The molecule has 124 valence electrons. The molecule has 0 aromatic carbocycles. The highest BCUT2D eigenvalue weighted by Gasteiger charge is 2.54. The van der Waals surface area contributed by atoms with Crippen LogP contribution in [0.15, 0.2) is 16.4 Å². The number of oxime groups is 1. The Balaban J connectivity index is 2.14. The lowest BCUT2D eigenvalue weighted by Crippen LogP contribution is -2.71. The Hall–Kier alpha value is -1.88. The maximum Gasteiger partial charge on any atom is 0.352 e. The number of halogens is 1. The number of carboxylic acids is 1. The number of β-lactam (4-membered cyclic amide) rings is 1. The first kappa shape index (κ1) is 17.5. The molecule has 2 atom stereocenters. The van der Waals surface area contributed by atoms with E-state index in [1.807, 2.05) is 0 Å². The molecule has 0 spiro atoms. The minimum Gasteiger partial charge on any atom is -0.477 e. The van der Waals surface area contributed by atoms with Crippen molar-refractivity contribution >= 4 is 57.0 Å². The summed E-state index contributed by atoms with van der Waals surface area (Å²) >= 11 is 4.15. The van der Waals surface area contributed by atoms with Crippen LogP contribution in [0, 0.1) is 0 Å². The first-order valence-electron chi connectivity index (χ1n) is 6.33. The maximum absolute atomic E-state index is 12.1. The van der Waals surface area contributed by atoms with Crippen molar-refractivity contribution < 1.29 is 29.5 Å². The minimum atomic E-state index is -1.21. The Morgan fingerprint density at radius 1 is 1.48 bits per heavy atom. The van der Waals surface area contributed by atoms with Crippen molar-refractivity contribution in [1.29, 1.82) is 0 Å². The zero-order valence-electron chi connectivity index (χ0n) is 11.8. The number of aliphatic carboxylic acids is 1. The van der Waals surface area contributed by atoms with E-state index < -0.39 is 40.7 Å². The number of carboxylic acid groups (broad SMARTS) is 1. The Kier molecular flexibility index (Phi) is 5.09. The standard InChI is InChI=1S/C12H12BrN3O6S/c1-4-3-23-11-7(10(19)16(11)8(4)12(20)21)14-9(18)6(15-22)5(17)2-13/h7,11,22H,2-3H2,1H3,(H,14,18)(H,20,21)/t7-,11-/m1/s1. The predicted octanol–water partition coefficient (Wildman–Crippen LogP) is -0.461. The van der Waals surface area contributed by atoms with E-state index in [1.54, 1.807) is 6.92 Å². The molecule has 2 aliphatic heterocycles. The molecule has 1 fully saturated rings. The first-order valence-corrected chi connectivity index (χ1v) is 8.50. The van der Waals surface area contributed by atoms with Gasteiger partial charge in [0.1, 0.15) is 17.1 Å². The molecule has 2 rings (SSSR count). The fourth-order valence-corrected chi connectivity index (χ4v) is 3.83. The van der Waals surface area contributed by atoms with Gasteiger partial charge in [-0.25, -0.2) is 4.79 Å². The first-order chi connectivity index (χ1) is 10.8. The molecule has 0 saturated carbocycles. The molecule has 3 N–H and O–H groups in total. The molecule has 0 aromatic heterocycles. The number of alkyl halides is 1. The number of fused-ring (bicyclic) bond motifs is 1. The second-order valence-corrected chi connectivity index (χ2v) is 6.47. The molecule has 0 unspecified atom stereocenters. The third-order valence-corrected chi connectivity index (χ3v) is 5.28. The quantitative estimate of drug-likeness (QED) is 0.140. The number of amides is 2. The molecule has 2 aliphatic rings. The van der Waals surface area contributed by atoms with Gasteiger partial charge in [-0.3, -0.25) is 19.3 Å². The fraction of sp³-hybridized carbons (Fsp3) is 0.417. The Morgan fingerprint density at radius 3 is 2.65 bits per heavy atom. The van der Waals surface area contributed by atoms with Crippen molar-refractivity contribution in [3.63, 3.8) is 0 Å². The van der Waals surface area contributed by atoms with Gasteiger partial charge in [0.2, 0.25) is 11.5 Å². The molecule has 0 bridgehead atoms. The Labute approximate surface area is 142 Å². The summed E-state index contributed by atoms with van der Waals surface area (Å²) in [4.78, 5) is 47.9. The second-order valence-electron chi connectivity index (χ2n) is 4.80. The fourth-order valence-electron chi connectivity index (χ4n) is 2.28. The number of carbonyl (C=O) groups is 4. The van der Waals surface area contributed by atoms with E-state index in [0.29, 0.717) is 11.3 Å². The summed E-state index contributed by atoms with van der Waals surface area (Å²) in [6.07, 6.45) is 0. The number of rotatable bonds is 5. The molecule has 0 aliphatic carbocycles. The van der Waals surface area contributed by atoms with Gasteiger partial charge in [-0.05, 0) is 12.5 Å². The van der Waals surface area contributed by atoms with E-state index in [0.717, 1.165) is 4.90 Å². The van der Waals surface area contributed by atoms with Gasteiger partial charge in [0.05, 0.1) is 5.33 Å². The molecule has 2 heterocycles. The van der Waals surface area contributed by atoms with E-state index in [9.17, 15) is 24.3 Å². The third kappa shape index (κ3) is 2.98. The van der Waals surface area contributed by atoms with Gasteiger partial charge in [-0.15, -0.1) is 11.8 Å². The summed E-state index contributed by atoms with van der Waals surface area (Å²) < 4.78 is 0. The van der Waals surface area contributed by atoms with Gasteiger partial charge in [-0.2, -0.15) is 0 Å². The van der Waals surface area contributed by atoms with Crippen LogP contribution in [0.5, 0.6) is 0 Å². The van der Waals surface area contributed by atoms with Crippen LogP contribution in [0.2, 0.25) is 0 Å². The van der Waals surface area contributed by atoms with Crippen LogP contribution >= 0.6 is 27.7 Å². The lowest BCUT2D eigenvalue weighted by Gasteiger charge is -2.49. The number of Topliss-reactive ketones (excluding diaryl/α,β-unsaturated/α-hetero) is 1. The third-order valence-electron chi connectivity index (χ3n) is 3.35. The number of hydrogen-bond acceptors (Lipinski definition) is 7. The van der Waals surface area contributed by atoms with Gasteiger partial charge in [0.15, 0.2) is 0 Å². The van der Waals surface area contributed by atoms with Crippen LogP contribution in [0.25, 0.3) is 0 Å². The van der Waals surface area contributed by atoms with Crippen molar-refractivity contribution in [3.8, 4) is 0 Å². The molecule has 1 saturated heterocycles. The number of carbonyl (C=O) groups excluding carboxylic acids is 3. The van der Waals surface area contributed by atoms with E-state index in [-0.39, 0.29) is 11.0 Å². The lowest BCUT2D eigenvalue weighted by molar-refractivity contribution is -0.150. The highest BCUT2D eigenvalue weighted by Crippen LogP contribution is 2.40. The van der Waals surface area contributed by atoms with Crippen molar-refractivity contribution in [1.82, 2.24) is 10.2 Å². The summed E-state index contributed by atoms with van der Waals surface area (Å²) in [5, 5.41) is 22.1. The highest BCUT2D eigenvalue weighted by atomic mass is 79.9. The molecule has 11 heteroatoms. The average Bonchev–Trinajstić information content (AvgIpc) is 2.52. The smallest absolute Gasteiger partial charge is 0.352 e. The molecule has 2 amide bonds.